The van der Waals surface area contributed by atoms with Gasteiger partial charge in [-0.2, -0.15) is 0 Å². The van der Waals surface area contributed by atoms with E-state index in [0.717, 1.165) is 20.5 Å². The van der Waals surface area contributed by atoms with E-state index in [2.05, 4.69) is 33.2 Å². The number of hydrogen-bond donors (Lipinski definition) is 2. The summed E-state index contributed by atoms with van der Waals surface area (Å²) in [6.07, 6.45) is 0. The summed E-state index contributed by atoms with van der Waals surface area (Å²) in [5.41, 5.74) is 2.52. The van der Waals surface area contributed by atoms with Gasteiger partial charge in [-0.1, -0.05) is 0 Å². The number of hydrogen-bond acceptors (Lipinski definition) is 1. The summed E-state index contributed by atoms with van der Waals surface area (Å²) in [4.78, 5) is 0. The summed E-state index contributed by atoms with van der Waals surface area (Å²) in [6, 6.07) is 12.4. The third-order valence-corrected chi connectivity index (χ3v) is 3.46. The van der Waals surface area contributed by atoms with E-state index in [0.29, 0.717) is 5.11 Å². The Hall–Kier alpha value is -1.21. The predicted octanol–water partition coefficient (Wildman–Crippen LogP) is 4.55. The highest BCUT2D eigenvalue weighted by atomic mass is 127. The van der Waals surface area contributed by atoms with Gasteiger partial charge in [-0.05, 0) is 89.8 Å². The van der Waals surface area contributed by atoms with Gasteiger partial charge in [0.25, 0.3) is 0 Å². The van der Waals surface area contributed by atoms with E-state index in [-0.39, 0.29) is 5.82 Å². The van der Waals surface area contributed by atoms with Gasteiger partial charge in [0.05, 0.1) is 0 Å². The maximum Gasteiger partial charge on any atom is 0.175 e. The van der Waals surface area contributed by atoms with Crippen molar-refractivity contribution in [2.75, 3.05) is 10.6 Å². The molecule has 0 radical (unpaired) electrons. The Balaban J connectivity index is 2.03. The van der Waals surface area contributed by atoms with Gasteiger partial charge in [0, 0.05) is 14.9 Å². The molecule has 0 bridgehead atoms. The Morgan fingerprint density at radius 2 is 1.79 bits per heavy atom. The van der Waals surface area contributed by atoms with Crippen LogP contribution in [-0.2, 0) is 0 Å². The summed E-state index contributed by atoms with van der Waals surface area (Å²) in [5, 5.41) is 6.62. The van der Waals surface area contributed by atoms with Gasteiger partial charge in [0.1, 0.15) is 5.82 Å². The van der Waals surface area contributed by atoms with E-state index in [1.165, 1.54) is 12.1 Å². The molecule has 0 aliphatic heterocycles. The first-order valence-electron chi connectivity index (χ1n) is 5.64. The standard InChI is InChI=1S/C14H12FIN2S/c1-9-8-10(15)2-7-13(9)18-14(19)17-12-5-3-11(16)4-6-12/h2-8H,1H3,(H2,17,18,19). The highest BCUT2D eigenvalue weighted by Gasteiger charge is 2.03. The lowest BCUT2D eigenvalue weighted by Gasteiger charge is -2.12. The first-order chi connectivity index (χ1) is 9.04. The highest BCUT2D eigenvalue weighted by Crippen LogP contribution is 2.17. The molecule has 0 heterocycles. The molecule has 2 nitrogen and oxygen atoms in total. The van der Waals surface area contributed by atoms with E-state index in [1.54, 1.807) is 6.07 Å². The topological polar surface area (TPSA) is 24.1 Å². The van der Waals surface area contributed by atoms with Gasteiger partial charge in [0.15, 0.2) is 5.11 Å². The fourth-order valence-corrected chi connectivity index (χ4v) is 2.17. The van der Waals surface area contributed by atoms with Crippen LogP contribution in [-0.4, -0.2) is 5.11 Å². The fourth-order valence-electron chi connectivity index (χ4n) is 1.59. The van der Waals surface area contributed by atoms with Crippen LogP contribution in [0.15, 0.2) is 42.5 Å². The molecule has 2 N–H and O–H groups in total. The predicted molar refractivity (Wildman–Crippen MR) is 90.1 cm³/mol. The molecule has 0 atom stereocenters. The third-order valence-electron chi connectivity index (χ3n) is 2.54. The second-order valence-electron chi connectivity index (χ2n) is 4.05. The second kappa shape index (κ2) is 6.29. The zero-order chi connectivity index (χ0) is 13.8. The van der Waals surface area contributed by atoms with Crippen LogP contribution >= 0.6 is 34.8 Å². The Kier molecular flexibility index (Phi) is 4.71. The molecule has 0 saturated carbocycles. The highest BCUT2D eigenvalue weighted by molar-refractivity contribution is 14.1. The molecule has 0 saturated heterocycles. The Labute approximate surface area is 130 Å². The van der Waals surface area contributed by atoms with Crippen LogP contribution in [0.5, 0.6) is 0 Å². The lowest BCUT2D eigenvalue weighted by molar-refractivity contribution is 0.627. The van der Waals surface area contributed by atoms with Crippen LogP contribution in [0.2, 0.25) is 0 Å². The van der Waals surface area contributed by atoms with Crippen molar-refractivity contribution in [2.45, 2.75) is 6.92 Å². The van der Waals surface area contributed by atoms with Crippen LogP contribution in [0, 0.1) is 16.3 Å². The Morgan fingerprint density at radius 3 is 2.42 bits per heavy atom. The smallest absolute Gasteiger partial charge is 0.175 e. The molecule has 2 rings (SSSR count). The summed E-state index contributed by atoms with van der Waals surface area (Å²) in [5.74, 6) is -0.250. The van der Waals surface area contributed by atoms with E-state index in [9.17, 15) is 4.39 Å². The molecule has 0 unspecified atom stereocenters. The zero-order valence-electron chi connectivity index (χ0n) is 10.2. The monoisotopic (exact) mass is 386 g/mol. The second-order valence-corrected chi connectivity index (χ2v) is 5.70. The Morgan fingerprint density at radius 1 is 1.11 bits per heavy atom. The lowest BCUT2D eigenvalue weighted by atomic mass is 10.2. The van der Waals surface area contributed by atoms with Crippen molar-refractivity contribution in [1.82, 2.24) is 0 Å². The van der Waals surface area contributed by atoms with Gasteiger partial charge < -0.3 is 10.6 Å². The molecule has 5 heteroatoms. The van der Waals surface area contributed by atoms with Crippen molar-refractivity contribution >= 4 is 51.3 Å². The Bertz CT molecular complexity index is 599. The lowest BCUT2D eigenvalue weighted by Crippen LogP contribution is -2.19. The summed E-state index contributed by atoms with van der Waals surface area (Å²) in [7, 11) is 0. The fraction of sp³-hybridized carbons (Fsp3) is 0.0714. The van der Waals surface area contributed by atoms with Gasteiger partial charge >= 0.3 is 0 Å². The number of thiocarbonyl (C=S) groups is 1. The third kappa shape index (κ3) is 4.14. The maximum atomic E-state index is 13.0. The van der Waals surface area contributed by atoms with Gasteiger partial charge in [-0.25, -0.2) is 4.39 Å². The van der Waals surface area contributed by atoms with Crippen LogP contribution < -0.4 is 10.6 Å². The summed E-state index contributed by atoms with van der Waals surface area (Å²) >= 11 is 7.47. The first kappa shape index (κ1) is 14.2. The first-order valence-corrected chi connectivity index (χ1v) is 7.13. The number of halogens is 2. The molecular weight excluding hydrogens is 374 g/mol. The van der Waals surface area contributed by atoms with Crippen molar-refractivity contribution in [1.29, 1.82) is 0 Å². The molecule has 0 amide bonds. The molecular formula is C14H12FIN2S. The normalized spacial score (nSPS) is 10.1. The van der Waals surface area contributed by atoms with Gasteiger partial charge in [-0.15, -0.1) is 0 Å². The van der Waals surface area contributed by atoms with Crippen LogP contribution in [0.4, 0.5) is 15.8 Å². The molecule has 0 fully saturated rings. The van der Waals surface area contributed by atoms with Crippen LogP contribution in [0.1, 0.15) is 5.56 Å². The van der Waals surface area contributed by atoms with Gasteiger partial charge in [0.2, 0.25) is 0 Å². The minimum Gasteiger partial charge on any atom is -0.332 e. The summed E-state index contributed by atoms with van der Waals surface area (Å²) in [6.45, 7) is 1.83. The molecule has 0 aliphatic rings. The average Bonchev–Trinajstić information content (AvgIpc) is 2.36. The van der Waals surface area contributed by atoms with E-state index >= 15 is 0 Å². The van der Waals surface area contributed by atoms with E-state index < -0.39 is 0 Å². The molecule has 0 aliphatic carbocycles. The van der Waals surface area contributed by atoms with Crippen LogP contribution in [0.3, 0.4) is 0 Å². The van der Waals surface area contributed by atoms with Gasteiger partial charge in [-0.3, -0.25) is 0 Å². The van der Waals surface area contributed by atoms with E-state index in [1.807, 2.05) is 31.2 Å². The number of benzene rings is 2. The zero-order valence-corrected chi connectivity index (χ0v) is 13.2. The van der Waals surface area contributed by atoms with Crippen molar-refractivity contribution in [3.63, 3.8) is 0 Å². The minimum absolute atomic E-state index is 0.250. The van der Waals surface area contributed by atoms with Crippen molar-refractivity contribution in [2.24, 2.45) is 0 Å². The van der Waals surface area contributed by atoms with Crippen molar-refractivity contribution < 1.29 is 4.39 Å². The number of aryl methyl sites for hydroxylation is 1. The SMILES string of the molecule is Cc1cc(F)ccc1NC(=S)Nc1ccc(I)cc1. The largest absolute Gasteiger partial charge is 0.332 e. The maximum absolute atomic E-state index is 13.0. The quantitative estimate of drug-likeness (QED) is 0.585. The molecule has 2 aromatic carbocycles. The molecule has 2 aromatic rings. The molecule has 19 heavy (non-hydrogen) atoms. The molecule has 98 valence electrons. The molecule has 0 spiro atoms. The average molecular weight is 386 g/mol. The number of nitrogens with one attached hydrogen (secondary N) is 2. The number of anilines is 2. The number of rotatable bonds is 2. The van der Waals surface area contributed by atoms with E-state index in [4.69, 9.17) is 12.2 Å². The summed E-state index contributed by atoms with van der Waals surface area (Å²) < 4.78 is 14.2. The minimum atomic E-state index is -0.250. The van der Waals surface area contributed by atoms with Crippen molar-refractivity contribution in [3.8, 4) is 0 Å². The van der Waals surface area contributed by atoms with Crippen LogP contribution in [0.25, 0.3) is 0 Å². The van der Waals surface area contributed by atoms with Crippen molar-refractivity contribution in [3.05, 3.63) is 57.4 Å². The molecule has 0 aromatic heterocycles.